The van der Waals surface area contributed by atoms with Gasteiger partial charge >= 0.3 is 5.97 Å². The van der Waals surface area contributed by atoms with Crippen molar-refractivity contribution in [1.29, 1.82) is 0 Å². The summed E-state index contributed by atoms with van der Waals surface area (Å²) in [6.45, 7) is 0. The Morgan fingerprint density at radius 3 is 2.80 bits per heavy atom. The molecule has 2 aromatic rings. The number of esters is 1. The maximum absolute atomic E-state index is 12.2. The van der Waals surface area contributed by atoms with Crippen LogP contribution in [0, 0.1) is 0 Å². The molecule has 0 bridgehead atoms. The summed E-state index contributed by atoms with van der Waals surface area (Å²) in [5.74, 6) is -0.283. The zero-order valence-corrected chi connectivity index (χ0v) is 10.8. The van der Waals surface area contributed by atoms with Crippen molar-refractivity contribution >= 4 is 11.8 Å². The molecule has 1 aliphatic carbocycles. The van der Waals surface area contributed by atoms with Crippen LogP contribution in [0.5, 0.6) is 5.88 Å². The van der Waals surface area contributed by atoms with Gasteiger partial charge in [0.2, 0.25) is 5.88 Å². The number of benzene rings is 1. The van der Waals surface area contributed by atoms with Gasteiger partial charge < -0.3 is 4.74 Å². The highest BCUT2D eigenvalue weighted by Gasteiger charge is 2.24. The highest BCUT2D eigenvalue weighted by Crippen LogP contribution is 2.25. The number of fused-ring (bicyclic) bond motifs is 1. The zero-order chi connectivity index (χ0) is 13.9. The third-order valence-electron chi connectivity index (χ3n) is 3.33. The van der Waals surface area contributed by atoms with Gasteiger partial charge in [0.15, 0.2) is 5.78 Å². The molecule has 0 atom stereocenters. The molecule has 1 aromatic heterocycles. The maximum Gasteiger partial charge on any atom is 0.345 e. The molecule has 0 saturated heterocycles. The monoisotopic (exact) mass is 267 g/mol. The first-order valence-corrected chi connectivity index (χ1v) is 6.54. The number of ether oxygens (including phenoxy) is 1. The van der Waals surface area contributed by atoms with Gasteiger partial charge in [-0.1, -0.05) is 18.2 Å². The van der Waals surface area contributed by atoms with Gasteiger partial charge in [-0.2, -0.15) is 0 Å². The van der Waals surface area contributed by atoms with Crippen molar-refractivity contribution in [2.24, 2.45) is 0 Å². The molecular formula is C16H13NO3. The number of hydrogen-bond donors (Lipinski definition) is 0. The number of ketones is 1. The van der Waals surface area contributed by atoms with Crippen molar-refractivity contribution in [3.05, 3.63) is 59.3 Å². The largest absolute Gasteiger partial charge is 0.404 e. The van der Waals surface area contributed by atoms with E-state index < -0.39 is 5.97 Å². The fourth-order valence-corrected chi connectivity index (χ4v) is 2.43. The van der Waals surface area contributed by atoms with Crippen LogP contribution in [0.25, 0.3) is 0 Å². The summed E-state index contributed by atoms with van der Waals surface area (Å²) in [6.07, 6.45) is 3.70. The molecule has 0 aliphatic heterocycles. The van der Waals surface area contributed by atoms with E-state index in [-0.39, 0.29) is 11.7 Å². The van der Waals surface area contributed by atoms with E-state index in [2.05, 4.69) is 4.98 Å². The van der Waals surface area contributed by atoms with Gasteiger partial charge in [0, 0.05) is 24.2 Å². The number of carbonyl (C=O) groups is 2. The van der Waals surface area contributed by atoms with Crippen LogP contribution in [-0.4, -0.2) is 16.7 Å². The summed E-state index contributed by atoms with van der Waals surface area (Å²) < 4.78 is 5.21. The number of pyridine rings is 1. The van der Waals surface area contributed by atoms with Gasteiger partial charge in [-0.3, -0.25) is 4.79 Å². The molecule has 0 N–H and O–H groups in total. The van der Waals surface area contributed by atoms with Crippen LogP contribution in [0.1, 0.15) is 39.1 Å². The standard InChI is InChI=1S/C16H13NO3/c18-13-8-4-6-11-5-3-7-12(15(11)13)16(19)20-14-9-1-2-10-17-14/h1-3,5,7,9-10H,4,6,8H2. The van der Waals surface area contributed by atoms with Crippen molar-refractivity contribution in [2.45, 2.75) is 19.3 Å². The van der Waals surface area contributed by atoms with E-state index in [1.165, 1.54) is 0 Å². The first-order valence-electron chi connectivity index (χ1n) is 6.54. The summed E-state index contributed by atoms with van der Waals surface area (Å²) in [7, 11) is 0. The SMILES string of the molecule is O=C(Oc1ccccn1)c1cccc2c1C(=O)CCC2. The third-order valence-corrected chi connectivity index (χ3v) is 3.33. The molecule has 3 rings (SSSR count). The smallest absolute Gasteiger partial charge is 0.345 e. The Balaban J connectivity index is 1.94. The van der Waals surface area contributed by atoms with E-state index in [0.717, 1.165) is 18.4 Å². The summed E-state index contributed by atoms with van der Waals surface area (Å²) >= 11 is 0. The van der Waals surface area contributed by atoms with Gasteiger partial charge in [-0.05, 0) is 30.5 Å². The van der Waals surface area contributed by atoms with E-state index >= 15 is 0 Å². The van der Waals surface area contributed by atoms with Crippen LogP contribution in [0.4, 0.5) is 0 Å². The average molecular weight is 267 g/mol. The molecule has 4 heteroatoms. The van der Waals surface area contributed by atoms with Gasteiger partial charge in [-0.15, -0.1) is 0 Å². The Hall–Kier alpha value is -2.49. The summed E-state index contributed by atoms with van der Waals surface area (Å²) in [5, 5.41) is 0. The van der Waals surface area contributed by atoms with E-state index in [0.29, 0.717) is 17.5 Å². The highest BCUT2D eigenvalue weighted by atomic mass is 16.5. The topological polar surface area (TPSA) is 56.3 Å². The van der Waals surface area contributed by atoms with Crippen LogP contribution in [0.3, 0.4) is 0 Å². The zero-order valence-electron chi connectivity index (χ0n) is 10.8. The Morgan fingerprint density at radius 2 is 2.00 bits per heavy atom. The minimum Gasteiger partial charge on any atom is -0.404 e. The first-order chi connectivity index (χ1) is 9.75. The second-order valence-corrected chi connectivity index (χ2v) is 4.67. The molecule has 0 spiro atoms. The quantitative estimate of drug-likeness (QED) is 0.785. The van der Waals surface area contributed by atoms with Crippen LogP contribution in [0.15, 0.2) is 42.6 Å². The molecular weight excluding hydrogens is 254 g/mol. The molecule has 100 valence electrons. The molecule has 1 aliphatic rings. The van der Waals surface area contributed by atoms with E-state index in [1.807, 2.05) is 6.07 Å². The van der Waals surface area contributed by atoms with E-state index in [4.69, 9.17) is 4.74 Å². The second-order valence-electron chi connectivity index (χ2n) is 4.67. The molecule has 4 nitrogen and oxygen atoms in total. The summed E-state index contributed by atoms with van der Waals surface area (Å²) in [5.41, 5.74) is 1.77. The van der Waals surface area contributed by atoms with Crippen molar-refractivity contribution < 1.29 is 14.3 Å². The Bertz CT molecular complexity index is 665. The van der Waals surface area contributed by atoms with Crippen LogP contribution >= 0.6 is 0 Å². The van der Waals surface area contributed by atoms with E-state index in [9.17, 15) is 9.59 Å². The number of rotatable bonds is 2. The van der Waals surface area contributed by atoms with Crippen molar-refractivity contribution in [1.82, 2.24) is 4.98 Å². The second kappa shape index (κ2) is 5.25. The lowest BCUT2D eigenvalue weighted by Crippen LogP contribution is -2.19. The maximum atomic E-state index is 12.2. The number of nitrogens with zero attached hydrogens (tertiary/aromatic N) is 1. The number of aromatic nitrogens is 1. The highest BCUT2D eigenvalue weighted by molar-refractivity contribution is 6.08. The third kappa shape index (κ3) is 2.32. The predicted molar refractivity (Wildman–Crippen MR) is 72.9 cm³/mol. The van der Waals surface area contributed by atoms with Crippen LogP contribution in [0.2, 0.25) is 0 Å². The Labute approximate surface area is 116 Å². The summed E-state index contributed by atoms with van der Waals surface area (Å²) in [6, 6.07) is 10.4. The number of hydrogen-bond acceptors (Lipinski definition) is 4. The fraction of sp³-hybridized carbons (Fsp3) is 0.188. The lowest BCUT2D eigenvalue weighted by Gasteiger charge is -2.17. The summed E-state index contributed by atoms with van der Waals surface area (Å²) in [4.78, 5) is 28.2. The molecule has 20 heavy (non-hydrogen) atoms. The Morgan fingerprint density at radius 1 is 1.10 bits per heavy atom. The predicted octanol–water partition coefficient (Wildman–Crippen LogP) is 2.82. The van der Waals surface area contributed by atoms with Crippen LogP contribution in [-0.2, 0) is 6.42 Å². The number of aryl methyl sites for hydroxylation is 1. The van der Waals surface area contributed by atoms with Crippen molar-refractivity contribution in [3.63, 3.8) is 0 Å². The molecule has 0 fully saturated rings. The van der Waals surface area contributed by atoms with Crippen molar-refractivity contribution in [2.75, 3.05) is 0 Å². The van der Waals surface area contributed by atoms with E-state index in [1.54, 1.807) is 36.5 Å². The molecule has 0 unspecified atom stereocenters. The van der Waals surface area contributed by atoms with Gasteiger partial charge in [0.25, 0.3) is 0 Å². The van der Waals surface area contributed by atoms with Crippen molar-refractivity contribution in [3.8, 4) is 5.88 Å². The lowest BCUT2D eigenvalue weighted by molar-refractivity contribution is 0.0721. The van der Waals surface area contributed by atoms with Crippen LogP contribution < -0.4 is 4.74 Å². The number of carbonyl (C=O) groups excluding carboxylic acids is 2. The lowest BCUT2D eigenvalue weighted by atomic mass is 9.87. The first kappa shape index (κ1) is 12.5. The average Bonchev–Trinajstić information content (AvgIpc) is 2.48. The normalized spacial score (nSPS) is 13.7. The molecule has 0 saturated carbocycles. The Kier molecular flexibility index (Phi) is 3.29. The molecule has 1 aromatic carbocycles. The molecule has 0 amide bonds. The molecule has 0 radical (unpaired) electrons. The minimum absolute atomic E-state index is 0.0137. The number of Topliss-reactive ketones (excluding diaryl/α,β-unsaturated/α-hetero) is 1. The van der Waals surface area contributed by atoms with Gasteiger partial charge in [0.1, 0.15) is 0 Å². The minimum atomic E-state index is -0.532. The van der Waals surface area contributed by atoms with Gasteiger partial charge in [-0.25, -0.2) is 9.78 Å². The molecule has 1 heterocycles. The fourth-order valence-electron chi connectivity index (χ4n) is 2.43. The van der Waals surface area contributed by atoms with Gasteiger partial charge in [0.05, 0.1) is 5.56 Å².